The summed E-state index contributed by atoms with van der Waals surface area (Å²) in [4.78, 5) is 13.6. The van der Waals surface area contributed by atoms with Crippen LogP contribution in [-0.4, -0.2) is 48.9 Å². The van der Waals surface area contributed by atoms with Gasteiger partial charge >= 0.3 is 6.09 Å². The predicted molar refractivity (Wildman–Crippen MR) is 115 cm³/mol. The van der Waals surface area contributed by atoms with E-state index in [0.717, 1.165) is 30.5 Å². The zero-order chi connectivity index (χ0) is 21.4. The molecule has 0 radical (unpaired) electrons. The van der Waals surface area contributed by atoms with Gasteiger partial charge in [-0.25, -0.2) is 9.69 Å². The van der Waals surface area contributed by atoms with E-state index in [1.54, 1.807) is 4.90 Å². The van der Waals surface area contributed by atoms with Gasteiger partial charge in [-0.3, -0.25) is 0 Å². The Morgan fingerprint density at radius 1 is 0.967 bits per heavy atom. The average Bonchev–Trinajstić information content (AvgIpc) is 2.79. The van der Waals surface area contributed by atoms with Crippen LogP contribution in [0.25, 0.3) is 0 Å². The number of rotatable bonds is 14. The molecule has 0 spiro atoms. The van der Waals surface area contributed by atoms with E-state index in [-0.39, 0.29) is 19.9 Å². The van der Waals surface area contributed by atoms with Crippen LogP contribution >= 0.6 is 0 Å². The van der Waals surface area contributed by atoms with E-state index in [4.69, 9.17) is 15.2 Å². The summed E-state index contributed by atoms with van der Waals surface area (Å²) in [5.41, 5.74) is 7.35. The zero-order valence-electron chi connectivity index (χ0n) is 17.2. The van der Waals surface area contributed by atoms with Crippen LogP contribution in [0.5, 0.6) is 0 Å². The monoisotopic (exact) mass is 416 g/mol. The first kappa shape index (κ1) is 23.8. The van der Waals surface area contributed by atoms with Gasteiger partial charge in [-0.1, -0.05) is 60.7 Å². The van der Waals surface area contributed by atoms with Crippen LogP contribution in [-0.2, 0) is 22.7 Å². The molecule has 1 amide bonds. The molecule has 2 aromatic rings. The largest absolute Gasteiger partial charge is 0.445 e. The summed E-state index contributed by atoms with van der Waals surface area (Å²) in [6, 6.07) is 19.0. The highest BCUT2D eigenvalue weighted by atomic mass is 16.6. The molecule has 0 aliphatic heterocycles. The Balaban J connectivity index is 1.79. The number of aliphatic hydroxyl groups excluding tert-OH is 1. The van der Waals surface area contributed by atoms with Crippen molar-refractivity contribution in [1.29, 1.82) is 0 Å². The summed E-state index contributed by atoms with van der Waals surface area (Å²) in [6.45, 7) is 2.22. The molecule has 1 unspecified atom stereocenters. The highest BCUT2D eigenvalue weighted by Crippen LogP contribution is 2.05. The standard InChI is InChI=1S/C22H32N4O4/c23-13-7-8-14-24-17-26(22(28)30-16-20-11-5-2-6-12-20)18-25-21(27)29-15-19-9-3-1-4-10-19/h1-6,9-12,22,24,28H,7-8,13-18,23H2,(H,25,27). The van der Waals surface area contributed by atoms with Gasteiger partial charge in [0, 0.05) is 0 Å². The maximum Gasteiger partial charge on any atom is 0.408 e. The molecule has 0 heterocycles. The summed E-state index contributed by atoms with van der Waals surface area (Å²) in [7, 11) is 0. The number of hydrogen-bond acceptors (Lipinski definition) is 7. The first-order chi connectivity index (χ1) is 14.7. The van der Waals surface area contributed by atoms with Crippen molar-refractivity contribution in [2.75, 3.05) is 26.4 Å². The third kappa shape index (κ3) is 9.82. The van der Waals surface area contributed by atoms with Crippen LogP contribution < -0.4 is 16.4 Å². The van der Waals surface area contributed by atoms with Crippen molar-refractivity contribution >= 4 is 6.09 Å². The molecule has 1 atom stereocenters. The molecular formula is C22H32N4O4. The van der Waals surface area contributed by atoms with Gasteiger partial charge in [0.25, 0.3) is 0 Å². The third-order valence-corrected chi connectivity index (χ3v) is 4.32. The Bertz CT molecular complexity index is 703. The summed E-state index contributed by atoms with van der Waals surface area (Å²) < 4.78 is 10.8. The van der Waals surface area contributed by atoms with E-state index in [1.807, 2.05) is 60.7 Å². The summed E-state index contributed by atoms with van der Waals surface area (Å²) in [5, 5.41) is 16.3. The number of nitrogens with zero attached hydrogens (tertiary/aromatic N) is 1. The van der Waals surface area contributed by atoms with Crippen LogP contribution in [0.3, 0.4) is 0 Å². The van der Waals surface area contributed by atoms with Gasteiger partial charge in [0.1, 0.15) is 6.61 Å². The van der Waals surface area contributed by atoms with E-state index in [2.05, 4.69) is 10.6 Å². The molecule has 0 aliphatic rings. The molecule has 0 bridgehead atoms. The van der Waals surface area contributed by atoms with Crippen molar-refractivity contribution in [2.24, 2.45) is 5.73 Å². The fraction of sp³-hybridized carbons (Fsp3) is 0.409. The second-order valence-corrected chi connectivity index (χ2v) is 6.76. The lowest BCUT2D eigenvalue weighted by Gasteiger charge is -2.28. The quantitative estimate of drug-likeness (QED) is 0.275. The number of ether oxygens (including phenoxy) is 2. The molecule has 0 fully saturated rings. The van der Waals surface area contributed by atoms with Crippen molar-refractivity contribution in [2.45, 2.75) is 32.5 Å². The van der Waals surface area contributed by atoms with Crippen LogP contribution in [0.15, 0.2) is 60.7 Å². The molecule has 30 heavy (non-hydrogen) atoms. The minimum absolute atomic E-state index is 0.0630. The average molecular weight is 417 g/mol. The highest BCUT2D eigenvalue weighted by Gasteiger charge is 2.17. The van der Waals surface area contributed by atoms with Gasteiger partial charge in [-0.15, -0.1) is 0 Å². The van der Waals surface area contributed by atoms with Crippen molar-refractivity contribution in [3.05, 3.63) is 71.8 Å². The number of nitrogens with one attached hydrogen (secondary N) is 2. The second-order valence-electron chi connectivity index (χ2n) is 6.76. The topological polar surface area (TPSA) is 109 Å². The molecule has 0 saturated heterocycles. The van der Waals surface area contributed by atoms with Gasteiger partial charge in [-0.05, 0) is 37.1 Å². The van der Waals surface area contributed by atoms with Crippen LogP contribution in [0.2, 0.25) is 0 Å². The minimum Gasteiger partial charge on any atom is -0.445 e. The number of carbonyl (C=O) groups is 1. The van der Waals surface area contributed by atoms with Gasteiger partial charge < -0.3 is 30.9 Å². The summed E-state index contributed by atoms with van der Waals surface area (Å²) >= 11 is 0. The van der Waals surface area contributed by atoms with Gasteiger partial charge in [0.05, 0.1) is 19.9 Å². The van der Waals surface area contributed by atoms with Crippen molar-refractivity contribution in [1.82, 2.24) is 15.5 Å². The number of aliphatic hydroxyl groups is 1. The Morgan fingerprint density at radius 2 is 1.60 bits per heavy atom. The fourth-order valence-corrected chi connectivity index (χ4v) is 2.62. The Morgan fingerprint density at radius 3 is 2.23 bits per heavy atom. The second kappa shape index (κ2) is 14.5. The van der Waals surface area contributed by atoms with E-state index in [1.165, 1.54) is 0 Å². The number of amides is 1. The molecule has 5 N–H and O–H groups in total. The lowest BCUT2D eigenvalue weighted by molar-refractivity contribution is -0.203. The third-order valence-electron chi connectivity index (χ3n) is 4.32. The van der Waals surface area contributed by atoms with Crippen LogP contribution in [0.1, 0.15) is 24.0 Å². The lowest BCUT2D eigenvalue weighted by Crippen LogP contribution is -2.49. The van der Waals surface area contributed by atoms with E-state index < -0.39 is 12.5 Å². The molecule has 0 aliphatic carbocycles. The van der Waals surface area contributed by atoms with E-state index in [0.29, 0.717) is 13.2 Å². The molecule has 2 aromatic carbocycles. The molecule has 0 saturated carbocycles. The Hall–Kier alpha value is -2.49. The maximum absolute atomic E-state index is 12.0. The Labute approximate surface area is 178 Å². The predicted octanol–water partition coefficient (Wildman–Crippen LogP) is 1.95. The smallest absolute Gasteiger partial charge is 0.408 e. The van der Waals surface area contributed by atoms with Gasteiger partial charge in [0.2, 0.25) is 6.41 Å². The minimum atomic E-state index is -1.19. The number of hydrogen-bond donors (Lipinski definition) is 4. The van der Waals surface area contributed by atoms with Crippen LogP contribution in [0, 0.1) is 0 Å². The van der Waals surface area contributed by atoms with Crippen molar-refractivity contribution in [3.63, 3.8) is 0 Å². The molecule has 164 valence electrons. The number of carbonyl (C=O) groups excluding carboxylic acids is 1. The first-order valence-electron chi connectivity index (χ1n) is 10.1. The van der Waals surface area contributed by atoms with Crippen molar-refractivity contribution < 1.29 is 19.4 Å². The first-order valence-corrected chi connectivity index (χ1v) is 10.1. The molecule has 8 nitrogen and oxygen atoms in total. The summed E-state index contributed by atoms with van der Waals surface area (Å²) in [6.07, 6.45) is 0.0889. The molecule has 8 heteroatoms. The number of alkyl carbamates (subject to hydrolysis) is 1. The zero-order valence-corrected chi connectivity index (χ0v) is 17.2. The van der Waals surface area contributed by atoms with Crippen molar-refractivity contribution in [3.8, 4) is 0 Å². The van der Waals surface area contributed by atoms with Crippen LogP contribution in [0.4, 0.5) is 4.79 Å². The summed E-state index contributed by atoms with van der Waals surface area (Å²) in [5.74, 6) is 0. The van der Waals surface area contributed by atoms with Gasteiger partial charge in [-0.2, -0.15) is 0 Å². The number of unbranched alkanes of at least 4 members (excludes halogenated alkanes) is 1. The highest BCUT2D eigenvalue weighted by molar-refractivity contribution is 5.67. The Kier molecular flexibility index (Phi) is 11.5. The van der Waals surface area contributed by atoms with Gasteiger partial charge in [0.15, 0.2) is 0 Å². The number of nitrogens with two attached hydrogens (primary N) is 1. The SMILES string of the molecule is NCCCCNCN(CNC(=O)OCc1ccccc1)C(O)OCc1ccccc1. The molecular weight excluding hydrogens is 384 g/mol. The van der Waals surface area contributed by atoms with E-state index in [9.17, 15) is 9.90 Å². The maximum atomic E-state index is 12.0. The lowest BCUT2D eigenvalue weighted by atomic mass is 10.2. The number of benzene rings is 2. The van der Waals surface area contributed by atoms with E-state index >= 15 is 0 Å². The molecule has 2 rings (SSSR count). The fourth-order valence-electron chi connectivity index (χ4n) is 2.62. The normalized spacial score (nSPS) is 12.0. The molecule has 0 aromatic heterocycles.